The van der Waals surface area contributed by atoms with Crippen LogP contribution in [0.15, 0.2) is 4.99 Å². The van der Waals surface area contributed by atoms with Crippen molar-refractivity contribution in [2.24, 2.45) is 4.99 Å². The molecular formula is C8H17N. The van der Waals surface area contributed by atoms with E-state index >= 15 is 0 Å². The summed E-state index contributed by atoms with van der Waals surface area (Å²) in [6.07, 6.45) is 5.14. The smallest absolute Gasteiger partial charge is 0.0464 e. The minimum Gasteiger partial charge on any atom is -0.298 e. The van der Waals surface area contributed by atoms with Crippen molar-refractivity contribution in [1.29, 1.82) is 0 Å². The largest absolute Gasteiger partial charge is 0.298 e. The van der Waals surface area contributed by atoms with Crippen LogP contribution >= 0.6 is 0 Å². The molecule has 0 aromatic carbocycles. The molecule has 0 aliphatic heterocycles. The van der Waals surface area contributed by atoms with E-state index in [2.05, 4.69) is 25.6 Å². The average molecular weight is 127 g/mol. The van der Waals surface area contributed by atoms with Crippen molar-refractivity contribution in [2.75, 3.05) is 0 Å². The van der Waals surface area contributed by atoms with Crippen molar-refractivity contribution in [3.63, 3.8) is 0 Å². The fraction of sp³-hybridized carbons (Fsp3) is 0.875. The number of nitrogens with zero attached hydrogens (tertiary/aromatic N) is 1. The van der Waals surface area contributed by atoms with E-state index in [4.69, 9.17) is 0 Å². The van der Waals surface area contributed by atoms with Crippen molar-refractivity contribution in [2.45, 2.75) is 45.6 Å². The van der Waals surface area contributed by atoms with Crippen LogP contribution < -0.4 is 0 Å². The zero-order valence-electron chi connectivity index (χ0n) is 6.56. The predicted molar refractivity (Wildman–Crippen MR) is 43.2 cm³/mol. The van der Waals surface area contributed by atoms with Gasteiger partial charge in [0, 0.05) is 6.04 Å². The van der Waals surface area contributed by atoms with Crippen LogP contribution in [0.4, 0.5) is 0 Å². The van der Waals surface area contributed by atoms with E-state index in [1.807, 2.05) is 0 Å². The number of unbranched alkanes of at least 4 members (excludes halogenated alkanes) is 2. The molecule has 0 N–H and O–H groups in total. The fourth-order valence-corrected chi connectivity index (χ4v) is 0.781. The first-order valence-electron chi connectivity index (χ1n) is 3.77. The predicted octanol–water partition coefficient (Wildman–Crippen LogP) is 2.66. The molecule has 0 amide bonds. The molecule has 0 bridgehead atoms. The summed E-state index contributed by atoms with van der Waals surface area (Å²) in [5.41, 5.74) is 0. The Labute approximate surface area is 58.2 Å². The zero-order chi connectivity index (χ0) is 7.11. The Morgan fingerprint density at radius 2 is 2.11 bits per heavy atom. The maximum absolute atomic E-state index is 3.91. The normalized spacial score (nSPS) is 13.1. The van der Waals surface area contributed by atoms with Crippen LogP contribution in [0.5, 0.6) is 0 Å². The van der Waals surface area contributed by atoms with Gasteiger partial charge >= 0.3 is 0 Å². The molecule has 0 aliphatic carbocycles. The average Bonchev–Trinajstić information content (AvgIpc) is 1.89. The minimum atomic E-state index is 0.469. The lowest BCUT2D eigenvalue weighted by molar-refractivity contribution is 0.596. The molecule has 0 aromatic heterocycles. The Bertz CT molecular complexity index is 69.0. The van der Waals surface area contributed by atoms with Gasteiger partial charge in [-0.3, -0.25) is 4.99 Å². The first kappa shape index (κ1) is 8.67. The van der Waals surface area contributed by atoms with Crippen LogP contribution in [0.25, 0.3) is 0 Å². The molecule has 0 fully saturated rings. The van der Waals surface area contributed by atoms with Crippen LogP contribution in [0.3, 0.4) is 0 Å². The van der Waals surface area contributed by atoms with Crippen molar-refractivity contribution in [1.82, 2.24) is 0 Å². The van der Waals surface area contributed by atoms with Crippen LogP contribution in [-0.2, 0) is 0 Å². The van der Waals surface area contributed by atoms with Gasteiger partial charge in [-0.2, -0.15) is 0 Å². The van der Waals surface area contributed by atoms with E-state index in [1.54, 1.807) is 0 Å². The SMILES string of the molecule is C=NC(C)CCCCC. The lowest BCUT2D eigenvalue weighted by atomic mass is 10.1. The summed E-state index contributed by atoms with van der Waals surface area (Å²) in [7, 11) is 0. The molecule has 0 heterocycles. The van der Waals surface area contributed by atoms with Crippen molar-refractivity contribution in [3.05, 3.63) is 0 Å². The van der Waals surface area contributed by atoms with Gasteiger partial charge in [-0.05, 0) is 20.1 Å². The molecule has 54 valence electrons. The second kappa shape index (κ2) is 5.80. The zero-order valence-corrected chi connectivity index (χ0v) is 6.56. The summed E-state index contributed by atoms with van der Waals surface area (Å²) >= 11 is 0. The highest BCUT2D eigenvalue weighted by atomic mass is 14.7. The first-order valence-corrected chi connectivity index (χ1v) is 3.77. The maximum Gasteiger partial charge on any atom is 0.0464 e. The van der Waals surface area contributed by atoms with Gasteiger partial charge in [0.2, 0.25) is 0 Å². The summed E-state index contributed by atoms with van der Waals surface area (Å²) in [6.45, 7) is 7.82. The van der Waals surface area contributed by atoms with Gasteiger partial charge in [-0.1, -0.05) is 26.2 Å². The second-order valence-electron chi connectivity index (χ2n) is 2.53. The summed E-state index contributed by atoms with van der Waals surface area (Å²) in [4.78, 5) is 3.91. The topological polar surface area (TPSA) is 12.4 Å². The Balaban J connectivity index is 2.96. The minimum absolute atomic E-state index is 0.469. The molecule has 0 saturated heterocycles. The molecule has 0 rings (SSSR count). The Morgan fingerprint density at radius 3 is 2.56 bits per heavy atom. The van der Waals surface area contributed by atoms with Crippen LogP contribution in [0.1, 0.15) is 39.5 Å². The molecule has 0 aliphatic rings. The summed E-state index contributed by atoms with van der Waals surface area (Å²) in [5.74, 6) is 0. The first-order chi connectivity index (χ1) is 4.31. The highest BCUT2D eigenvalue weighted by Crippen LogP contribution is 2.04. The van der Waals surface area contributed by atoms with Gasteiger partial charge in [0.1, 0.15) is 0 Å². The van der Waals surface area contributed by atoms with E-state index < -0.39 is 0 Å². The van der Waals surface area contributed by atoms with Gasteiger partial charge in [0.05, 0.1) is 0 Å². The van der Waals surface area contributed by atoms with E-state index in [1.165, 1.54) is 25.7 Å². The van der Waals surface area contributed by atoms with E-state index in [0.717, 1.165) is 0 Å². The Hall–Kier alpha value is -0.330. The Kier molecular flexibility index (Phi) is 5.59. The molecule has 1 atom stereocenters. The molecule has 0 radical (unpaired) electrons. The van der Waals surface area contributed by atoms with Crippen molar-refractivity contribution >= 4 is 6.72 Å². The van der Waals surface area contributed by atoms with Crippen LogP contribution in [-0.4, -0.2) is 12.8 Å². The second-order valence-corrected chi connectivity index (χ2v) is 2.53. The third-order valence-electron chi connectivity index (χ3n) is 1.54. The summed E-state index contributed by atoms with van der Waals surface area (Å²) in [6, 6.07) is 0.469. The standard InChI is InChI=1S/C8H17N/c1-4-5-6-7-8(2)9-3/h8H,3-7H2,1-2H3. The lowest BCUT2D eigenvalue weighted by Gasteiger charge is -2.02. The molecule has 0 saturated carbocycles. The van der Waals surface area contributed by atoms with Gasteiger partial charge in [0.15, 0.2) is 0 Å². The van der Waals surface area contributed by atoms with E-state index in [9.17, 15) is 0 Å². The quantitative estimate of drug-likeness (QED) is 0.397. The number of hydrogen-bond donors (Lipinski definition) is 0. The van der Waals surface area contributed by atoms with Gasteiger partial charge in [0.25, 0.3) is 0 Å². The third-order valence-corrected chi connectivity index (χ3v) is 1.54. The highest BCUT2D eigenvalue weighted by molar-refractivity contribution is 5.23. The van der Waals surface area contributed by atoms with E-state index in [0.29, 0.717) is 6.04 Å². The molecule has 0 aromatic rings. The third kappa shape index (κ3) is 5.54. The van der Waals surface area contributed by atoms with Crippen molar-refractivity contribution in [3.8, 4) is 0 Å². The fourth-order valence-electron chi connectivity index (χ4n) is 0.781. The van der Waals surface area contributed by atoms with Gasteiger partial charge in [-0.25, -0.2) is 0 Å². The molecule has 1 nitrogen and oxygen atoms in total. The Morgan fingerprint density at radius 1 is 1.44 bits per heavy atom. The molecule has 1 unspecified atom stereocenters. The number of aliphatic imine (C=N–C) groups is 1. The summed E-state index contributed by atoms with van der Waals surface area (Å²) < 4.78 is 0. The number of hydrogen-bond acceptors (Lipinski definition) is 1. The monoisotopic (exact) mass is 127 g/mol. The lowest BCUT2D eigenvalue weighted by Crippen LogP contribution is -1.95. The molecule has 0 spiro atoms. The highest BCUT2D eigenvalue weighted by Gasteiger charge is 1.94. The molecular weight excluding hydrogens is 110 g/mol. The van der Waals surface area contributed by atoms with E-state index in [-0.39, 0.29) is 0 Å². The van der Waals surface area contributed by atoms with Crippen molar-refractivity contribution < 1.29 is 0 Å². The molecule has 1 heteroatoms. The molecule has 9 heavy (non-hydrogen) atoms. The van der Waals surface area contributed by atoms with Gasteiger partial charge in [-0.15, -0.1) is 0 Å². The maximum atomic E-state index is 3.91. The van der Waals surface area contributed by atoms with Crippen LogP contribution in [0, 0.1) is 0 Å². The summed E-state index contributed by atoms with van der Waals surface area (Å²) in [5, 5.41) is 0. The van der Waals surface area contributed by atoms with Crippen LogP contribution in [0.2, 0.25) is 0 Å². The van der Waals surface area contributed by atoms with Gasteiger partial charge < -0.3 is 0 Å². The number of rotatable bonds is 5.